The molecule has 37 heavy (non-hydrogen) atoms. The minimum absolute atomic E-state index is 0. The first-order valence-electron chi connectivity index (χ1n) is 13.3. The van der Waals surface area contributed by atoms with Crippen LogP contribution in [0, 0.1) is 0 Å². The van der Waals surface area contributed by atoms with Crippen LogP contribution < -0.4 is 15.4 Å². The van der Waals surface area contributed by atoms with Crippen LogP contribution in [0.3, 0.4) is 0 Å². The molecule has 1 aliphatic carbocycles. The van der Waals surface area contributed by atoms with Crippen LogP contribution in [0.5, 0.6) is 5.75 Å². The van der Waals surface area contributed by atoms with E-state index in [-0.39, 0.29) is 30.3 Å². The number of halogens is 1. The summed E-state index contributed by atoms with van der Waals surface area (Å²) in [4.78, 5) is 24.8. The van der Waals surface area contributed by atoms with Gasteiger partial charge in [0.1, 0.15) is 18.0 Å². The average molecular weight is 529 g/mol. The maximum Gasteiger partial charge on any atom is 0.335 e. The van der Waals surface area contributed by atoms with Crippen molar-refractivity contribution in [2.45, 2.75) is 75.5 Å². The lowest BCUT2D eigenvalue weighted by molar-refractivity contribution is -0.131. The molecule has 0 spiro atoms. The van der Waals surface area contributed by atoms with Crippen LogP contribution in [0.4, 0.5) is 0 Å². The SMILES string of the molecule is C[C@H](NC(=O)[C@H]1CCCO1)[C@H](Oc1ccc(C(=O)O)c([C@@H]2CCCNC2)c1)c1ccc(C2CC2)cc1.Cl. The highest BCUT2D eigenvalue weighted by Gasteiger charge is 2.30. The second-order valence-electron chi connectivity index (χ2n) is 10.4. The summed E-state index contributed by atoms with van der Waals surface area (Å²) in [7, 11) is 0. The first kappa shape index (κ1) is 27.4. The Balaban J connectivity index is 0.00000320. The number of carbonyl (C=O) groups is 2. The normalized spacial score (nSPS) is 22.9. The van der Waals surface area contributed by atoms with Crippen molar-refractivity contribution in [3.8, 4) is 5.75 Å². The van der Waals surface area contributed by atoms with E-state index in [1.54, 1.807) is 12.1 Å². The van der Waals surface area contributed by atoms with Crippen molar-refractivity contribution in [3.63, 3.8) is 0 Å². The molecule has 2 aromatic carbocycles. The summed E-state index contributed by atoms with van der Waals surface area (Å²) in [5, 5.41) is 16.3. The topological polar surface area (TPSA) is 96.9 Å². The van der Waals surface area contributed by atoms with Crippen LogP contribution in [-0.4, -0.2) is 48.8 Å². The molecule has 0 radical (unpaired) electrons. The van der Waals surface area contributed by atoms with Gasteiger partial charge in [0.2, 0.25) is 5.91 Å². The Morgan fingerprint density at radius 2 is 1.84 bits per heavy atom. The van der Waals surface area contributed by atoms with E-state index in [2.05, 4.69) is 34.9 Å². The Morgan fingerprint density at radius 1 is 1.05 bits per heavy atom. The first-order chi connectivity index (χ1) is 17.5. The molecule has 7 nitrogen and oxygen atoms in total. The van der Waals surface area contributed by atoms with Crippen LogP contribution in [0.2, 0.25) is 0 Å². The minimum atomic E-state index is -0.925. The van der Waals surface area contributed by atoms with Crippen molar-refractivity contribution < 1.29 is 24.2 Å². The van der Waals surface area contributed by atoms with E-state index in [1.165, 1.54) is 18.4 Å². The highest BCUT2D eigenvalue weighted by Crippen LogP contribution is 2.40. The number of carboxylic acids is 1. The Kier molecular flexibility index (Phi) is 9.11. The van der Waals surface area contributed by atoms with E-state index in [1.807, 2.05) is 13.0 Å². The molecular formula is C29H37ClN2O5. The van der Waals surface area contributed by atoms with Crippen LogP contribution in [0.1, 0.15) is 90.4 Å². The molecule has 0 aromatic heterocycles. The molecular weight excluding hydrogens is 492 g/mol. The zero-order valence-electron chi connectivity index (χ0n) is 21.3. The van der Waals surface area contributed by atoms with Gasteiger partial charge < -0.3 is 25.2 Å². The molecule has 3 aliphatic rings. The van der Waals surface area contributed by atoms with Crippen molar-refractivity contribution in [1.29, 1.82) is 0 Å². The second-order valence-corrected chi connectivity index (χ2v) is 10.4. The summed E-state index contributed by atoms with van der Waals surface area (Å²) < 4.78 is 12.1. The number of rotatable bonds is 9. The van der Waals surface area contributed by atoms with Gasteiger partial charge in [0.05, 0.1) is 11.6 Å². The fourth-order valence-corrected chi connectivity index (χ4v) is 5.42. The van der Waals surface area contributed by atoms with E-state index < -0.39 is 18.2 Å². The molecule has 2 heterocycles. The van der Waals surface area contributed by atoms with E-state index >= 15 is 0 Å². The van der Waals surface area contributed by atoms with Crippen molar-refractivity contribution in [3.05, 3.63) is 64.7 Å². The van der Waals surface area contributed by atoms with Crippen molar-refractivity contribution in [1.82, 2.24) is 10.6 Å². The van der Waals surface area contributed by atoms with Gasteiger partial charge in [-0.15, -0.1) is 12.4 Å². The molecule has 3 fully saturated rings. The summed E-state index contributed by atoms with van der Waals surface area (Å²) in [5.74, 6) is 0.353. The highest BCUT2D eigenvalue weighted by molar-refractivity contribution is 5.90. The molecule has 4 atom stereocenters. The molecule has 0 bridgehead atoms. The number of benzene rings is 2. The van der Waals surface area contributed by atoms with Crippen molar-refractivity contribution >= 4 is 24.3 Å². The van der Waals surface area contributed by atoms with E-state index in [4.69, 9.17) is 9.47 Å². The fourth-order valence-electron chi connectivity index (χ4n) is 5.42. The second kappa shape index (κ2) is 12.3. The molecule has 1 saturated carbocycles. The van der Waals surface area contributed by atoms with Gasteiger partial charge in [-0.05, 0) is 98.7 Å². The summed E-state index contributed by atoms with van der Waals surface area (Å²) >= 11 is 0. The molecule has 200 valence electrons. The molecule has 2 saturated heterocycles. The van der Waals surface area contributed by atoms with Crippen LogP contribution in [0.15, 0.2) is 42.5 Å². The molecule has 0 unspecified atom stereocenters. The zero-order valence-corrected chi connectivity index (χ0v) is 22.1. The highest BCUT2D eigenvalue weighted by atomic mass is 35.5. The molecule has 2 aromatic rings. The van der Waals surface area contributed by atoms with Crippen molar-refractivity contribution in [2.24, 2.45) is 0 Å². The lowest BCUT2D eigenvalue weighted by atomic mass is 9.88. The Morgan fingerprint density at radius 3 is 2.46 bits per heavy atom. The lowest BCUT2D eigenvalue weighted by Crippen LogP contribution is -2.44. The van der Waals surface area contributed by atoms with Gasteiger partial charge in [-0.25, -0.2) is 4.79 Å². The number of carbonyl (C=O) groups excluding carboxylic acids is 1. The zero-order chi connectivity index (χ0) is 25.1. The summed E-state index contributed by atoms with van der Waals surface area (Å²) in [6.07, 6.45) is 5.21. The average Bonchev–Trinajstić information content (AvgIpc) is 3.60. The molecule has 1 amide bonds. The van der Waals surface area contributed by atoms with Gasteiger partial charge in [0, 0.05) is 13.2 Å². The maximum atomic E-state index is 12.8. The number of carboxylic acid groups (broad SMARTS) is 1. The molecule has 5 rings (SSSR count). The van der Waals surface area contributed by atoms with Gasteiger partial charge in [-0.3, -0.25) is 4.79 Å². The first-order valence-corrected chi connectivity index (χ1v) is 13.3. The van der Waals surface area contributed by atoms with Gasteiger partial charge >= 0.3 is 5.97 Å². The third-order valence-electron chi connectivity index (χ3n) is 7.61. The van der Waals surface area contributed by atoms with E-state index in [0.717, 1.165) is 49.9 Å². The third kappa shape index (κ3) is 6.64. The Hall–Kier alpha value is -2.61. The van der Waals surface area contributed by atoms with Crippen LogP contribution >= 0.6 is 12.4 Å². The summed E-state index contributed by atoms with van der Waals surface area (Å²) in [6.45, 7) is 4.27. The van der Waals surface area contributed by atoms with Crippen LogP contribution in [0.25, 0.3) is 0 Å². The fraction of sp³-hybridized carbons (Fsp3) is 0.517. The largest absolute Gasteiger partial charge is 0.484 e. The quantitative estimate of drug-likeness (QED) is 0.426. The van der Waals surface area contributed by atoms with Crippen LogP contribution in [-0.2, 0) is 9.53 Å². The van der Waals surface area contributed by atoms with Gasteiger partial charge in [0.25, 0.3) is 0 Å². The van der Waals surface area contributed by atoms with Crippen molar-refractivity contribution in [2.75, 3.05) is 19.7 Å². The third-order valence-corrected chi connectivity index (χ3v) is 7.61. The number of hydrogen-bond donors (Lipinski definition) is 3. The molecule has 8 heteroatoms. The van der Waals surface area contributed by atoms with E-state index in [0.29, 0.717) is 23.8 Å². The number of hydrogen-bond acceptors (Lipinski definition) is 5. The number of nitrogens with one attached hydrogen (secondary N) is 2. The molecule has 3 N–H and O–H groups in total. The van der Waals surface area contributed by atoms with Gasteiger partial charge in [-0.1, -0.05) is 24.3 Å². The number of ether oxygens (including phenoxy) is 2. The number of amides is 1. The van der Waals surface area contributed by atoms with Gasteiger partial charge in [0.15, 0.2) is 0 Å². The summed E-state index contributed by atoms with van der Waals surface area (Å²) in [5.41, 5.74) is 3.43. The molecule has 2 aliphatic heterocycles. The lowest BCUT2D eigenvalue weighted by Gasteiger charge is -2.29. The number of piperidine rings is 1. The monoisotopic (exact) mass is 528 g/mol. The smallest absolute Gasteiger partial charge is 0.335 e. The Bertz CT molecular complexity index is 1080. The predicted molar refractivity (Wildman–Crippen MR) is 144 cm³/mol. The van der Waals surface area contributed by atoms with Gasteiger partial charge in [-0.2, -0.15) is 0 Å². The maximum absolute atomic E-state index is 12.8. The Labute approximate surface area is 224 Å². The standard InChI is InChI=1S/C29H36N2O5.ClH/c1-18(31-28(32)26-5-3-15-35-26)27(21-10-8-20(9-11-21)19-6-7-19)36-23-12-13-24(29(33)34)25(16-23)22-4-2-14-30-17-22;/h8-13,16,18-19,22,26-27,30H,2-7,14-15,17H2,1H3,(H,31,32)(H,33,34);1H/t18-,22+,26+,27-;/m0./s1. The summed E-state index contributed by atoms with van der Waals surface area (Å²) in [6, 6.07) is 13.4. The predicted octanol–water partition coefficient (Wildman–Crippen LogP) is 4.95. The minimum Gasteiger partial charge on any atom is -0.484 e. The van der Waals surface area contributed by atoms with E-state index in [9.17, 15) is 14.7 Å². The number of aromatic carboxylic acids is 1.